The number of ketones is 2. The van der Waals surface area contributed by atoms with Crippen molar-refractivity contribution in [3.05, 3.63) is 108 Å². The van der Waals surface area contributed by atoms with Gasteiger partial charge in [0, 0.05) is 23.9 Å². The molecule has 2 heterocycles. The first-order valence-electron chi connectivity index (χ1n) is 11.3. The van der Waals surface area contributed by atoms with Gasteiger partial charge in [-0.05, 0) is 30.7 Å². The van der Waals surface area contributed by atoms with E-state index in [1.165, 1.54) is 42.2 Å². The summed E-state index contributed by atoms with van der Waals surface area (Å²) in [5.74, 6) is -0.770. The van der Waals surface area contributed by atoms with Crippen LogP contribution in [0.5, 0.6) is 0 Å². The van der Waals surface area contributed by atoms with Crippen molar-refractivity contribution in [2.24, 2.45) is 14.1 Å². The van der Waals surface area contributed by atoms with E-state index < -0.39 is 17.0 Å². The van der Waals surface area contributed by atoms with Crippen LogP contribution in [0.3, 0.4) is 0 Å². The molecule has 0 spiro atoms. The Kier molecular flexibility index (Phi) is 6.27. The van der Waals surface area contributed by atoms with E-state index in [1.54, 1.807) is 0 Å². The zero-order chi connectivity index (χ0) is 25.6. The van der Waals surface area contributed by atoms with Gasteiger partial charge in [-0.2, -0.15) is 0 Å². The molecule has 0 N–H and O–H groups in total. The molecule has 0 bridgehead atoms. The van der Waals surface area contributed by atoms with Crippen LogP contribution in [0.25, 0.3) is 11.0 Å². The van der Waals surface area contributed by atoms with E-state index in [4.69, 9.17) is 0 Å². The molecule has 5 rings (SSSR count). The maximum atomic E-state index is 14.2. The zero-order valence-corrected chi connectivity index (χ0v) is 21.4. The number of hydrogen-bond acceptors (Lipinski definition) is 7. The highest BCUT2D eigenvalue weighted by atomic mass is 32.2. The van der Waals surface area contributed by atoms with E-state index >= 15 is 0 Å². The van der Waals surface area contributed by atoms with Gasteiger partial charge in [0.05, 0.1) is 32.0 Å². The van der Waals surface area contributed by atoms with Gasteiger partial charge < -0.3 is 0 Å². The van der Waals surface area contributed by atoms with Crippen molar-refractivity contribution in [2.45, 2.75) is 23.1 Å². The third kappa shape index (κ3) is 3.84. The summed E-state index contributed by atoms with van der Waals surface area (Å²) in [6, 6.07) is 18.7. The van der Waals surface area contributed by atoms with E-state index in [0.29, 0.717) is 17.0 Å². The first-order chi connectivity index (χ1) is 17.3. The van der Waals surface area contributed by atoms with Crippen LogP contribution in [0.2, 0.25) is 0 Å². The number of Topliss-reactive ketones (excluding diaryl/α,β-unsaturated/α-hetero) is 2. The molecule has 36 heavy (non-hydrogen) atoms. The molecule has 0 amide bonds. The molecule has 0 saturated heterocycles. The summed E-state index contributed by atoms with van der Waals surface area (Å²) in [6.07, 6.45) is 0.352. The Bertz CT molecular complexity index is 1710. The summed E-state index contributed by atoms with van der Waals surface area (Å²) in [4.78, 5) is 60.8. The molecule has 0 atom stereocenters. The number of allylic oxidation sites excluding steroid dienone is 2. The lowest BCUT2D eigenvalue weighted by Crippen LogP contribution is -2.39. The van der Waals surface area contributed by atoms with Crippen LogP contribution in [-0.4, -0.2) is 25.7 Å². The average Bonchev–Trinajstić information content (AvgIpc) is 2.91. The molecule has 4 aromatic rings. The number of benzene rings is 2. The maximum Gasteiger partial charge on any atom is 0.332 e. The number of aryl methyl sites for hydroxylation is 2. The van der Waals surface area contributed by atoms with E-state index in [-0.39, 0.29) is 32.8 Å². The van der Waals surface area contributed by atoms with Crippen LogP contribution in [0.1, 0.15) is 33.3 Å². The summed E-state index contributed by atoms with van der Waals surface area (Å²) >= 11 is 2.42. The van der Waals surface area contributed by atoms with Crippen molar-refractivity contribution < 1.29 is 9.59 Å². The predicted octanol–water partition coefficient (Wildman–Crippen LogP) is 4.37. The molecule has 1 aliphatic rings. The Morgan fingerprint density at radius 2 is 1.22 bits per heavy atom. The second-order valence-corrected chi connectivity index (χ2v) is 10.4. The number of rotatable bonds is 5. The number of fused-ring (bicyclic) bond motifs is 3. The lowest BCUT2D eigenvalue weighted by atomic mass is 9.90. The molecule has 0 radical (unpaired) electrons. The van der Waals surface area contributed by atoms with Crippen LogP contribution in [0.4, 0.5) is 0 Å². The molecule has 7 nitrogen and oxygen atoms in total. The van der Waals surface area contributed by atoms with Crippen LogP contribution in [0.15, 0.2) is 89.9 Å². The second-order valence-electron chi connectivity index (χ2n) is 8.21. The topological polar surface area (TPSA) is 91.0 Å². The third-order valence-electron chi connectivity index (χ3n) is 6.00. The first kappa shape index (κ1) is 24.0. The molecule has 0 fully saturated rings. The Balaban J connectivity index is 1.85. The fourth-order valence-corrected chi connectivity index (χ4v) is 6.26. The highest BCUT2D eigenvalue weighted by Gasteiger charge is 2.38. The number of hydrogen-bond donors (Lipinski definition) is 0. The lowest BCUT2D eigenvalue weighted by Gasteiger charge is -2.24. The third-order valence-corrected chi connectivity index (χ3v) is 8.33. The van der Waals surface area contributed by atoms with Crippen molar-refractivity contribution in [3.8, 4) is 0 Å². The summed E-state index contributed by atoms with van der Waals surface area (Å²) in [6.45, 7) is 1.83. The predicted molar refractivity (Wildman–Crippen MR) is 142 cm³/mol. The standard InChI is InChI=1S/C27H21N3O4S2/c1-4-17-18-19(20-25(28-17)29(2)27(34)30(3)26(20)33)22(32)24(36-16-13-9-6-10-14-16)23(21(18)31)35-15-11-7-5-8-12-15/h5-14H,4H2,1-3H3. The molecule has 180 valence electrons. The summed E-state index contributed by atoms with van der Waals surface area (Å²) in [5.41, 5.74) is -0.553. The van der Waals surface area contributed by atoms with Crippen LogP contribution in [-0.2, 0) is 20.5 Å². The maximum absolute atomic E-state index is 14.2. The van der Waals surface area contributed by atoms with E-state index in [9.17, 15) is 19.2 Å². The highest BCUT2D eigenvalue weighted by Crippen LogP contribution is 2.44. The van der Waals surface area contributed by atoms with Gasteiger partial charge >= 0.3 is 5.69 Å². The highest BCUT2D eigenvalue weighted by molar-refractivity contribution is 8.08. The Morgan fingerprint density at radius 3 is 1.72 bits per heavy atom. The van der Waals surface area contributed by atoms with Crippen LogP contribution < -0.4 is 11.2 Å². The quantitative estimate of drug-likeness (QED) is 0.390. The van der Waals surface area contributed by atoms with Gasteiger partial charge in [-0.25, -0.2) is 9.78 Å². The molecule has 0 aliphatic heterocycles. The summed E-state index contributed by atoms with van der Waals surface area (Å²) in [7, 11) is 2.86. The van der Waals surface area contributed by atoms with Gasteiger partial charge in [-0.1, -0.05) is 66.8 Å². The fourth-order valence-electron chi connectivity index (χ4n) is 4.20. The number of nitrogens with zero attached hydrogens (tertiary/aromatic N) is 3. The first-order valence-corrected chi connectivity index (χ1v) is 12.9. The van der Waals surface area contributed by atoms with Crippen molar-refractivity contribution >= 4 is 46.1 Å². The smallest absolute Gasteiger partial charge is 0.288 e. The molecule has 2 aromatic carbocycles. The van der Waals surface area contributed by atoms with Crippen molar-refractivity contribution in [1.29, 1.82) is 0 Å². The second kappa shape index (κ2) is 9.40. The minimum absolute atomic E-state index is 0.0138. The number of thioether (sulfide) groups is 2. The largest absolute Gasteiger partial charge is 0.332 e. The van der Waals surface area contributed by atoms with Crippen LogP contribution in [0, 0.1) is 0 Å². The normalized spacial score (nSPS) is 13.4. The van der Waals surface area contributed by atoms with E-state index in [0.717, 1.165) is 14.4 Å². The monoisotopic (exact) mass is 515 g/mol. The van der Waals surface area contributed by atoms with Gasteiger partial charge in [0.1, 0.15) is 5.65 Å². The Labute approximate surface area is 214 Å². The molecule has 0 saturated carbocycles. The van der Waals surface area contributed by atoms with E-state index in [1.807, 2.05) is 67.6 Å². The Morgan fingerprint density at radius 1 is 0.722 bits per heavy atom. The van der Waals surface area contributed by atoms with Gasteiger partial charge in [-0.3, -0.25) is 23.5 Å². The number of carbonyl (C=O) groups is 2. The molecular formula is C27H21N3O4S2. The number of aromatic nitrogens is 3. The zero-order valence-electron chi connectivity index (χ0n) is 19.8. The average molecular weight is 516 g/mol. The van der Waals surface area contributed by atoms with Crippen molar-refractivity contribution in [1.82, 2.24) is 14.1 Å². The van der Waals surface area contributed by atoms with Crippen LogP contribution >= 0.6 is 23.5 Å². The van der Waals surface area contributed by atoms with Crippen molar-refractivity contribution in [3.63, 3.8) is 0 Å². The number of carbonyl (C=O) groups excluding carboxylic acids is 2. The van der Waals surface area contributed by atoms with Gasteiger partial charge in [-0.15, -0.1) is 0 Å². The SMILES string of the molecule is CCc1nc2c(c3c1C(=O)C(Sc1ccccc1)=C(Sc1ccccc1)C3=O)c(=O)n(C)c(=O)n2C. The Hall–Kier alpha value is -3.69. The minimum Gasteiger partial charge on any atom is -0.288 e. The minimum atomic E-state index is -0.649. The molecule has 2 aromatic heterocycles. The van der Waals surface area contributed by atoms with Gasteiger partial charge in [0.25, 0.3) is 5.56 Å². The molecular weight excluding hydrogens is 494 g/mol. The lowest BCUT2D eigenvalue weighted by molar-refractivity contribution is 0.0988. The molecule has 0 unspecified atom stereocenters. The van der Waals surface area contributed by atoms with E-state index in [2.05, 4.69) is 4.98 Å². The molecule has 9 heteroatoms. The van der Waals surface area contributed by atoms with Gasteiger partial charge in [0.2, 0.25) is 11.6 Å². The summed E-state index contributed by atoms with van der Waals surface area (Å²) < 4.78 is 2.19. The van der Waals surface area contributed by atoms with Gasteiger partial charge in [0.15, 0.2) is 0 Å². The summed E-state index contributed by atoms with van der Waals surface area (Å²) in [5, 5.41) is -0.0138. The fraction of sp³-hybridized carbons (Fsp3) is 0.148. The molecule has 1 aliphatic carbocycles. The van der Waals surface area contributed by atoms with Crippen molar-refractivity contribution in [2.75, 3.05) is 0 Å². The number of pyridine rings is 1.